The molecule has 14 heteroatoms. The fourth-order valence-electron chi connectivity index (χ4n) is 4.76. The van der Waals surface area contributed by atoms with Crippen molar-refractivity contribution in [3.05, 3.63) is 111 Å². The Hall–Kier alpha value is -5.04. The first-order valence-electron chi connectivity index (χ1n) is 12.4. The van der Waals surface area contributed by atoms with Crippen LogP contribution in [0.2, 0.25) is 5.02 Å². The van der Waals surface area contributed by atoms with E-state index in [1.165, 1.54) is 29.0 Å². The van der Waals surface area contributed by atoms with Crippen molar-refractivity contribution >= 4 is 40.9 Å². The number of aromatic nitrogens is 3. The SMILES string of the molecule is CNc1cc(-c2ccc3ncnn3c2N)cc2c1C(c1cc(F)ccc1Cl)NC2=O.O=Cc1cc(F)cc(C(F)(F)F)c1. The summed E-state index contributed by atoms with van der Waals surface area (Å²) in [4.78, 5) is 27.1. The van der Waals surface area contributed by atoms with E-state index in [2.05, 4.69) is 20.7 Å². The monoisotopic (exact) mass is 614 g/mol. The highest BCUT2D eigenvalue weighted by Gasteiger charge is 2.34. The second-order valence-corrected chi connectivity index (χ2v) is 9.77. The number of nitrogens with zero attached hydrogens (tertiary/aromatic N) is 3. The largest absolute Gasteiger partial charge is 0.416 e. The minimum atomic E-state index is -4.63. The third-order valence-corrected chi connectivity index (χ3v) is 7.04. The Kier molecular flexibility index (Phi) is 7.76. The Morgan fingerprint density at radius 1 is 1.02 bits per heavy atom. The zero-order valence-electron chi connectivity index (χ0n) is 22.0. The van der Waals surface area contributed by atoms with Crippen LogP contribution >= 0.6 is 11.6 Å². The van der Waals surface area contributed by atoms with Gasteiger partial charge in [-0.25, -0.2) is 13.8 Å². The number of carbonyl (C=O) groups excluding carboxylic acids is 2. The number of nitrogen functional groups attached to an aromatic ring is 1. The molecule has 3 aromatic carbocycles. The van der Waals surface area contributed by atoms with Crippen molar-refractivity contribution in [3.63, 3.8) is 0 Å². The molecular weight excluding hydrogens is 595 g/mol. The zero-order chi connectivity index (χ0) is 31.1. The molecule has 8 nitrogen and oxygen atoms in total. The molecule has 4 N–H and O–H groups in total. The minimum absolute atomic E-state index is 0.165. The van der Waals surface area contributed by atoms with Crippen LogP contribution in [0.3, 0.4) is 0 Å². The van der Waals surface area contributed by atoms with Gasteiger partial charge in [-0.15, -0.1) is 0 Å². The fourth-order valence-corrected chi connectivity index (χ4v) is 4.99. The highest BCUT2D eigenvalue weighted by atomic mass is 35.5. The molecule has 0 spiro atoms. The van der Waals surface area contributed by atoms with Gasteiger partial charge in [0.2, 0.25) is 0 Å². The molecule has 1 atom stereocenters. The molecule has 1 aliphatic heterocycles. The molecule has 220 valence electrons. The first kappa shape index (κ1) is 29.5. The number of halogens is 6. The van der Waals surface area contributed by atoms with Crippen LogP contribution in [0.5, 0.6) is 0 Å². The summed E-state index contributed by atoms with van der Waals surface area (Å²) in [6.07, 6.45) is -3.03. The van der Waals surface area contributed by atoms with Crippen molar-refractivity contribution in [3.8, 4) is 11.1 Å². The Labute approximate surface area is 245 Å². The van der Waals surface area contributed by atoms with Gasteiger partial charge < -0.3 is 16.4 Å². The third-order valence-electron chi connectivity index (χ3n) is 6.70. The predicted octanol–water partition coefficient (Wildman–Crippen LogP) is 6.30. The van der Waals surface area contributed by atoms with Gasteiger partial charge in [0, 0.05) is 45.6 Å². The van der Waals surface area contributed by atoms with Crippen LogP contribution in [0, 0.1) is 11.6 Å². The first-order valence-corrected chi connectivity index (χ1v) is 12.8. The number of hydrogen-bond donors (Lipinski definition) is 3. The number of carbonyl (C=O) groups is 2. The van der Waals surface area contributed by atoms with E-state index < -0.39 is 29.4 Å². The van der Waals surface area contributed by atoms with E-state index in [1.807, 2.05) is 12.1 Å². The maximum Gasteiger partial charge on any atom is 0.416 e. The number of amides is 1. The number of alkyl halides is 3. The first-order chi connectivity index (χ1) is 20.4. The van der Waals surface area contributed by atoms with E-state index in [9.17, 15) is 31.5 Å². The summed E-state index contributed by atoms with van der Waals surface area (Å²) >= 11 is 6.31. The summed E-state index contributed by atoms with van der Waals surface area (Å²) in [6, 6.07) is 12.5. The third kappa shape index (κ3) is 5.71. The van der Waals surface area contributed by atoms with E-state index in [1.54, 1.807) is 19.2 Å². The minimum Gasteiger partial charge on any atom is -0.388 e. The molecule has 0 aliphatic carbocycles. The van der Waals surface area contributed by atoms with Gasteiger partial charge in [-0.3, -0.25) is 9.59 Å². The fraction of sp³-hybridized carbons (Fsp3) is 0.103. The van der Waals surface area contributed by atoms with E-state index in [0.717, 1.165) is 11.6 Å². The Bertz CT molecular complexity index is 1890. The number of nitrogens with one attached hydrogen (secondary N) is 2. The molecule has 5 aromatic rings. The van der Waals surface area contributed by atoms with Crippen LogP contribution in [0.1, 0.15) is 43.4 Å². The maximum absolute atomic E-state index is 13.9. The van der Waals surface area contributed by atoms with Gasteiger partial charge in [-0.1, -0.05) is 11.6 Å². The van der Waals surface area contributed by atoms with Crippen LogP contribution < -0.4 is 16.4 Å². The zero-order valence-corrected chi connectivity index (χ0v) is 22.8. The summed E-state index contributed by atoms with van der Waals surface area (Å²) < 4.78 is 63.9. The number of pyridine rings is 1. The van der Waals surface area contributed by atoms with Gasteiger partial charge in [0.1, 0.15) is 30.1 Å². The van der Waals surface area contributed by atoms with E-state index in [-0.39, 0.29) is 17.8 Å². The number of aldehydes is 1. The molecule has 0 fully saturated rings. The van der Waals surface area contributed by atoms with Crippen LogP contribution in [-0.4, -0.2) is 33.8 Å². The molecule has 0 saturated heterocycles. The standard InChI is InChI=1S/C21H16ClFN6O.C8H4F4O/c1-25-16-7-10(12-3-5-17-26-9-27-29(17)20(12)24)6-14-18(16)19(28-21(14)30)13-8-11(23)2-4-15(13)22;9-7-2-5(4-13)1-6(3-7)8(10,11)12/h2-9,19,25H,24H2,1H3,(H,28,30);1-4H. The highest BCUT2D eigenvalue weighted by Crippen LogP contribution is 2.42. The lowest BCUT2D eigenvalue weighted by atomic mass is 9.93. The molecule has 2 aromatic heterocycles. The van der Waals surface area contributed by atoms with Crippen molar-refractivity contribution in [2.45, 2.75) is 12.2 Å². The number of anilines is 2. The molecule has 0 radical (unpaired) electrons. The molecule has 1 aliphatic rings. The maximum atomic E-state index is 13.9. The van der Waals surface area contributed by atoms with Gasteiger partial charge in [0.25, 0.3) is 5.91 Å². The van der Waals surface area contributed by atoms with Gasteiger partial charge in [0.05, 0.1) is 11.6 Å². The van der Waals surface area contributed by atoms with Crippen molar-refractivity contribution in [1.82, 2.24) is 19.9 Å². The second kappa shape index (κ2) is 11.3. The molecule has 43 heavy (non-hydrogen) atoms. The normalized spacial score (nSPS) is 14.1. The molecule has 0 bridgehead atoms. The topological polar surface area (TPSA) is 114 Å². The molecule has 1 amide bonds. The summed E-state index contributed by atoms with van der Waals surface area (Å²) in [5.74, 6) is -1.35. The number of benzene rings is 3. The van der Waals surface area contributed by atoms with Crippen LogP contribution in [0.25, 0.3) is 16.8 Å². The average molecular weight is 615 g/mol. The summed E-state index contributed by atoms with van der Waals surface area (Å²) in [5.41, 5.74) is 9.30. The lowest BCUT2D eigenvalue weighted by Crippen LogP contribution is -2.20. The molecule has 6 rings (SSSR count). The van der Waals surface area contributed by atoms with Crippen LogP contribution in [-0.2, 0) is 6.18 Å². The van der Waals surface area contributed by atoms with Crippen LogP contribution in [0.15, 0.2) is 67.0 Å². The number of fused-ring (bicyclic) bond motifs is 2. The molecular formula is C29H20ClF5N6O2. The van der Waals surface area contributed by atoms with Crippen molar-refractivity contribution in [2.75, 3.05) is 18.1 Å². The molecule has 3 heterocycles. The second-order valence-electron chi connectivity index (χ2n) is 9.36. The van der Waals surface area contributed by atoms with Crippen molar-refractivity contribution < 1.29 is 31.5 Å². The summed E-state index contributed by atoms with van der Waals surface area (Å²) in [6.45, 7) is 0. The Morgan fingerprint density at radius 2 is 1.79 bits per heavy atom. The van der Waals surface area contributed by atoms with E-state index >= 15 is 0 Å². The van der Waals surface area contributed by atoms with E-state index in [4.69, 9.17) is 17.3 Å². The molecule has 1 unspecified atom stereocenters. The van der Waals surface area contributed by atoms with Crippen molar-refractivity contribution in [2.24, 2.45) is 0 Å². The lowest BCUT2D eigenvalue weighted by Gasteiger charge is -2.18. The number of nitrogens with two attached hydrogens (primary N) is 1. The quantitative estimate of drug-likeness (QED) is 0.162. The van der Waals surface area contributed by atoms with Crippen molar-refractivity contribution in [1.29, 1.82) is 0 Å². The van der Waals surface area contributed by atoms with Gasteiger partial charge in [-0.05, 0) is 66.2 Å². The van der Waals surface area contributed by atoms with Crippen LogP contribution in [0.4, 0.5) is 33.5 Å². The predicted molar refractivity (Wildman–Crippen MR) is 150 cm³/mol. The Balaban J connectivity index is 0.000000239. The number of rotatable bonds is 4. The smallest absolute Gasteiger partial charge is 0.388 e. The summed E-state index contributed by atoms with van der Waals surface area (Å²) in [7, 11) is 1.76. The lowest BCUT2D eigenvalue weighted by molar-refractivity contribution is -0.137. The average Bonchev–Trinajstić information content (AvgIpc) is 3.59. The van der Waals surface area contributed by atoms with E-state index in [0.29, 0.717) is 56.6 Å². The highest BCUT2D eigenvalue weighted by molar-refractivity contribution is 6.31. The molecule has 0 saturated carbocycles. The van der Waals surface area contributed by atoms with Gasteiger partial charge in [0.15, 0.2) is 5.65 Å². The Morgan fingerprint density at radius 3 is 2.49 bits per heavy atom. The van der Waals surface area contributed by atoms with Gasteiger partial charge >= 0.3 is 6.18 Å². The summed E-state index contributed by atoms with van der Waals surface area (Å²) in [5, 5.41) is 10.6. The van der Waals surface area contributed by atoms with Gasteiger partial charge in [-0.2, -0.15) is 22.8 Å². The number of hydrogen-bond acceptors (Lipinski definition) is 6.